The predicted molar refractivity (Wildman–Crippen MR) is 83.4 cm³/mol. The molecule has 0 aromatic heterocycles. The van der Waals surface area contributed by atoms with Crippen molar-refractivity contribution in [3.05, 3.63) is 12.2 Å². The average molecular weight is 282 g/mol. The Hall–Kier alpha value is -1.32. The molecule has 0 spiro atoms. The molecule has 0 aliphatic carbocycles. The topological polar surface area (TPSA) is 58.2 Å². The van der Waals surface area contributed by atoms with Crippen LogP contribution in [0.1, 0.15) is 65.2 Å². The van der Waals surface area contributed by atoms with Gasteiger partial charge in [-0.1, -0.05) is 45.6 Å². The van der Waals surface area contributed by atoms with E-state index in [2.05, 4.69) is 24.5 Å². The molecule has 0 heterocycles. The van der Waals surface area contributed by atoms with E-state index in [1.54, 1.807) is 6.08 Å². The molecule has 0 fully saturated rings. The Bertz CT molecular complexity index is 288. The maximum Gasteiger partial charge on any atom is 0.243 e. The largest absolute Gasteiger partial charge is 0.356 e. The first-order valence-corrected chi connectivity index (χ1v) is 7.91. The molecule has 4 heteroatoms. The van der Waals surface area contributed by atoms with E-state index in [9.17, 15) is 9.59 Å². The number of amides is 2. The fourth-order valence-electron chi connectivity index (χ4n) is 1.74. The lowest BCUT2D eigenvalue weighted by Crippen LogP contribution is -2.24. The SMILES string of the molecule is CCCCCNC(=O)/C=C/CCC(=O)NCCCCC. The normalized spacial score (nSPS) is 10.7. The van der Waals surface area contributed by atoms with E-state index in [1.807, 2.05) is 0 Å². The number of carbonyl (C=O) groups excluding carboxylic acids is 2. The summed E-state index contributed by atoms with van der Waals surface area (Å²) in [6, 6.07) is 0. The van der Waals surface area contributed by atoms with Crippen molar-refractivity contribution < 1.29 is 9.59 Å². The van der Waals surface area contributed by atoms with Crippen molar-refractivity contribution in [1.82, 2.24) is 10.6 Å². The standard InChI is InChI=1S/C16H30N2O2/c1-3-5-9-13-17-15(19)11-7-8-12-16(20)18-14-10-6-4-2/h7,11H,3-6,8-10,12-14H2,1-2H3,(H,17,19)(H,18,20)/b11-7+. The molecule has 0 saturated carbocycles. The van der Waals surface area contributed by atoms with E-state index < -0.39 is 0 Å². The predicted octanol–water partition coefficient (Wildman–Crippen LogP) is 2.94. The summed E-state index contributed by atoms with van der Waals surface area (Å²) < 4.78 is 0. The highest BCUT2D eigenvalue weighted by atomic mass is 16.2. The van der Waals surface area contributed by atoms with Crippen molar-refractivity contribution in [2.75, 3.05) is 13.1 Å². The van der Waals surface area contributed by atoms with Crippen molar-refractivity contribution in [3.8, 4) is 0 Å². The van der Waals surface area contributed by atoms with Gasteiger partial charge in [-0.2, -0.15) is 0 Å². The quantitative estimate of drug-likeness (QED) is 0.427. The van der Waals surface area contributed by atoms with Crippen LogP contribution in [-0.2, 0) is 9.59 Å². The molecule has 116 valence electrons. The Morgan fingerprint density at radius 1 is 0.900 bits per heavy atom. The van der Waals surface area contributed by atoms with Gasteiger partial charge in [0, 0.05) is 19.5 Å². The summed E-state index contributed by atoms with van der Waals surface area (Å²) in [6.45, 7) is 5.76. The second-order valence-corrected chi connectivity index (χ2v) is 5.00. The van der Waals surface area contributed by atoms with Gasteiger partial charge in [-0.15, -0.1) is 0 Å². The molecule has 0 unspecified atom stereocenters. The third-order valence-corrected chi connectivity index (χ3v) is 2.99. The first kappa shape index (κ1) is 18.7. The average Bonchev–Trinajstić information content (AvgIpc) is 2.44. The van der Waals surface area contributed by atoms with Crippen LogP contribution < -0.4 is 10.6 Å². The third kappa shape index (κ3) is 13.1. The zero-order chi connectivity index (χ0) is 15.1. The molecular weight excluding hydrogens is 252 g/mol. The fraction of sp³-hybridized carbons (Fsp3) is 0.750. The summed E-state index contributed by atoms with van der Waals surface area (Å²) in [5.41, 5.74) is 0. The van der Waals surface area contributed by atoms with Gasteiger partial charge in [-0.05, 0) is 25.3 Å². The summed E-state index contributed by atoms with van der Waals surface area (Å²) in [5.74, 6) is -0.00133. The minimum atomic E-state index is -0.0653. The van der Waals surface area contributed by atoms with Gasteiger partial charge in [0.05, 0.1) is 0 Å². The molecule has 20 heavy (non-hydrogen) atoms. The van der Waals surface area contributed by atoms with Crippen LogP contribution in [-0.4, -0.2) is 24.9 Å². The molecule has 0 aromatic carbocycles. The Morgan fingerprint density at radius 2 is 1.50 bits per heavy atom. The first-order chi connectivity index (χ1) is 9.70. The van der Waals surface area contributed by atoms with E-state index >= 15 is 0 Å². The summed E-state index contributed by atoms with van der Waals surface area (Å²) in [6.07, 6.45) is 11.0. The highest BCUT2D eigenvalue weighted by Gasteiger charge is 1.99. The molecule has 0 atom stereocenters. The summed E-state index contributed by atoms with van der Waals surface area (Å²) in [4.78, 5) is 22.8. The number of unbranched alkanes of at least 4 members (excludes halogenated alkanes) is 4. The Balaban J connectivity index is 3.49. The van der Waals surface area contributed by atoms with Gasteiger partial charge in [0.2, 0.25) is 11.8 Å². The first-order valence-electron chi connectivity index (χ1n) is 7.91. The van der Waals surface area contributed by atoms with E-state index in [0.29, 0.717) is 12.8 Å². The lowest BCUT2D eigenvalue weighted by Gasteiger charge is -2.03. The molecule has 0 aromatic rings. The van der Waals surface area contributed by atoms with Gasteiger partial charge in [0.15, 0.2) is 0 Å². The molecule has 0 rings (SSSR count). The lowest BCUT2D eigenvalue weighted by atomic mass is 10.2. The van der Waals surface area contributed by atoms with Crippen LogP contribution in [0.4, 0.5) is 0 Å². The number of rotatable bonds is 12. The molecule has 0 bridgehead atoms. The third-order valence-electron chi connectivity index (χ3n) is 2.99. The number of hydrogen-bond acceptors (Lipinski definition) is 2. The Morgan fingerprint density at radius 3 is 2.10 bits per heavy atom. The van der Waals surface area contributed by atoms with Crippen LogP contribution in [0, 0.1) is 0 Å². The van der Waals surface area contributed by atoms with E-state index in [0.717, 1.165) is 51.6 Å². The zero-order valence-corrected chi connectivity index (χ0v) is 13.0. The summed E-state index contributed by atoms with van der Waals surface area (Å²) in [5, 5.41) is 5.71. The van der Waals surface area contributed by atoms with Crippen LogP contribution in [0.15, 0.2) is 12.2 Å². The molecule has 2 N–H and O–H groups in total. The molecule has 0 aliphatic heterocycles. The number of hydrogen-bond donors (Lipinski definition) is 2. The minimum Gasteiger partial charge on any atom is -0.356 e. The molecule has 2 amide bonds. The van der Waals surface area contributed by atoms with Crippen LogP contribution >= 0.6 is 0 Å². The number of nitrogens with one attached hydrogen (secondary N) is 2. The number of allylic oxidation sites excluding steroid dienone is 1. The van der Waals surface area contributed by atoms with Crippen molar-refractivity contribution in [2.45, 2.75) is 65.2 Å². The minimum absolute atomic E-state index is 0.0640. The van der Waals surface area contributed by atoms with E-state index in [4.69, 9.17) is 0 Å². The lowest BCUT2D eigenvalue weighted by molar-refractivity contribution is -0.121. The van der Waals surface area contributed by atoms with E-state index in [-0.39, 0.29) is 11.8 Å². The van der Waals surface area contributed by atoms with Crippen molar-refractivity contribution in [2.24, 2.45) is 0 Å². The zero-order valence-electron chi connectivity index (χ0n) is 13.0. The number of carbonyl (C=O) groups is 2. The molecule has 0 saturated heterocycles. The van der Waals surface area contributed by atoms with Gasteiger partial charge in [0.25, 0.3) is 0 Å². The molecule has 0 aliphatic rings. The second kappa shape index (κ2) is 14.1. The molecule has 4 nitrogen and oxygen atoms in total. The van der Waals surface area contributed by atoms with Gasteiger partial charge in [-0.25, -0.2) is 0 Å². The van der Waals surface area contributed by atoms with Crippen LogP contribution in [0.3, 0.4) is 0 Å². The fourth-order valence-corrected chi connectivity index (χ4v) is 1.74. The maximum atomic E-state index is 11.4. The Kier molecular flexibility index (Phi) is 13.2. The van der Waals surface area contributed by atoms with Crippen LogP contribution in [0.2, 0.25) is 0 Å². The second-order valence-electron chi connectivity index (χ2n) is 5.00. The summed E-state index contributed by atoms with van der Waals surface area (Å²) in [7, 11) is 0. The van der Waals surface area contributed by atoms with Crippen LogP contribution in [0.5, 0.6) is 0 Å². The highest BCUT2D eigenvalue weighted by molar-refractivity contribution is 5.87. The summed E-state index contributed by atoms with van der Waals surface area (Å²) >= 11 is 0. The van der Waals surface area contributed by atoms with Crippen molar-refractivity contribution in [1.29, 1.82) is 0 Å². The van der Waals surface area contributed by atoms with Gasteiger partial charge in [0.1, 0.15) is 0 Å². The van der Waals surface area contributed by atoms with Crippen molar-refractivity contribution in [3.63, 3.8) is 0 Å². The van der Waals surface area contributed by atoms with Gasteiger partial charge >= 0.3 is 0 Å². The van der Waals surface area contributed by atoms with Crippen molar-refractivity contribution >= 4 is 11.8 Å². The van der Waals surface area contributed by atoms with E-state index in [1.165, 1.54) is 6.08 Å². The highest BCUT2D eigenvalue weighted by Crippen LogP contribution is 1.95. The maximum absolute atomic E-state index is 11.4. The monoisotopic (exact) mass is 282 g/mol. The molecular formula is C16H30N2O2. The molecule has 0 radical (unpaired) electrons. The van der Waals surface area contributed by atoms with Gasteiger partial charge in [-0.3, -0.25) is 9.59 Å². The smallest absolute Gasteiger partial charge is 0.243 e. The van der Waals surface area contributed by atoms with Gasteiger partial charge < -0.3 is 10.6 Å². The Labute approximate surface area is 123 Å². The van der Waals surface area contributed by atoms with Crippen LogP contribution in [0.25, 0.3) is 0 Å².